The largest absolute Gasteiger partial charge is 0.467 e. The van der Waals surface area contributed by atoms with Gasteiger partial charge in [0.25, 0.3) is 0 Å². The van der Waals surface area contributed by atoms with E-state index in [2.05, 4.69) is 27.7 Å². The third-order valence-electron chi connectivity index (χ3n) is 5.55. The first-order valence-electron chi connectivity index (χ1n) is 10.1. The van der Waals surface area contributed by atoms with Crippen LogP contribution >= 0.6 is 0 Å². The highest BCUT2D eigenvalue weighted by Gasteiger charge is 2.29. The summed E-state index contributed by atoms with van der Waals surface area (Å²) in [5.41, 5.74) is 4.91. The maximum Gasteiger partial charge on any atom is 0.313 e. The zero-order chi connectivity index (χ0) is 21.1. The van der Waals surface area contributed by atoms with Crippen molar-refractivity contribution in [2.75, 3.05) is 23.3 Å². The van der Waals surface area contributed by atoms with Crippen molar-refractivity contribution in [3.8, 4) is 0 Å². The lowest BCUT2D eigenvalue weighted by atomic mass is 10.1. The molecule has 0 bridgehead atoms. The molecule has 0 unspecified atom stereocenters. The van der Waals surface area contributed by atoms with E-state index < -0.39 is 11.8 Å². The summed E-state index contributed by atoms with van der Waals surface area (Å²) < 4.78 is 5.65. The number of furan rings is 1. The maximum atomic E-state index is 12.5. The van der Waals surface area contributed by atoms with E-state index >= 15 is 0 Å². The second-order valence-corrected chi connectivity index (χ2v) is 7.53. The fourth-order valence-corrected chi connectivity index (χ4v) is 3.98. The molecular formula is C24H25N3O3. The lowest BCUT2D eigenvalue weighted by molar-refractivity contribution is -0.136. The van der Waals surface area contributed by atoms with Gasteiger partial charge < -0.3 is 20.0 Å². The van der Waals surface area contributed by atoms with Crippen LogP contribution in [0.15, 0.2) is 65.3 Å². The summed E-state index contributed by atoms with van der Waals surface area (Å²) in [6.45, 7) is 4.90. The molecule has 1 aromatic heterocycles. The van der Waals surface area contributed by atoms with Crippen LogP contribution in [0.2, 0.25) is 0 Å². The van der Waals surface area contributed by atoms with Gasteiger partial charge in [-0.3, -0.25) is 9.59 Å². The molecule has 2 heterocycles. The lowest BCUT2D eigenvalue weighted by Crippen LogP contribution is -2.41. The summed E-state index contributed by atoms with van der Waals surface area (Å²) in [7, 11) is 0. The minimum absolute atomic E-state index is 0.194. The Morgan fingerprint density at radius 1 is 1.00 bits per heavy atom. The molecule has 4 rings (SSSR count). The summed E-state index contributed by atoms with van der Waals surface area (Å²) in [5, 5.41) is 5.52. The molecule has 0 spiro atoms. The normalized spacial score (nSPS) is 13.6. The molecule has 2 amide bonds. The van der Waals surface area contributed by atoms with Gasteiger partial charge in [-0.2, -0.15) is 0 Å². The van der Waals surface area contributed by atoms with Crippen LogP contribution in [0.1, 0.15) is 28.5 Å². The van der Waals surface area contributed by atoms with Crippen molar-refractivity contribution in [2.24, 2.45) is 0 Å². The van der Waals surface area contributed by atoms with Crippen LogP contribution in [0.5, 0.6) is 0 Å². The number of rotatable bonds is 5. The minimum Gasteiger partial charge on any atom is -0.467 e. The van der Waals surface area contributed by atoms with E-state index in [9.17, 15) is 9.59 Å². The van der Waals surface area contributed by atoms with Gasteiger partial charge in [-0.15, -0.1) is 0 Å². The minimum atomic E-state index is -0.674. The van der Waals surface area contributed by atoms with Gasteiger partial charge in [0.2, 0.25) is 0 Å². The summed E-state index contributed by atoms with van der Waals surface area (Å²) in [4.78, 5) is 27.2. The molecule has 3 aromatic rings. The Hall–Kier alpha value is -3.54. The second kappa shape index (κ2) is 8.45. The molecule has 0 aliphatic carbocycles. The number of para-hydroxylation sites is 2. The molecule has 30 heavy (non-hydrogen) atoms. The standard InChI is InChI=1S/C24H25N3O3/c1-16-7-5-8-17(2)22(16)26-24(29)23(28)25-15-20(21-11-6-14-30-21)27-13-12-18-9-3-4-10-19(18)27/h3-11,14,20H,12-13,15H2,1-2H3,(H,25,28)(H,26,29)/t20-/m1/s1. The average molecular weight is 403 g/mol. The van der Waals surface area contributed by atoms with E-state index in [1.165, 1.54) is 5.56 Å². The highest BCUT2D eigenvalue weighted by molar-refractivity contribution is 6.39. The van der Waals surface area contributed by atoms with Crippen LogP contribution in [-0.4, -0.2) is 24.9 Å². The third kappa shape index (κ3) is 3.94. The number of hydrogen-bond acceptors (Lipinski definition) is 4. The zero-order valence-electron chi connectivity index (χ0n) is 17.1. The molecule has 1 aliphatic rings. The topological polar surface area (TPSA) is 74.6 Å². The predicted octanol–water partition coefficient (Wildman–Crippen LogP) is 3.76. The molecule has 6 heteroatoms. The van der Waals surface area contributed by atoms with Crippen molar-refractivity contribution in [3.05, 3.63) is 83.3 Å². The van der Waals surface area contributed by atoms with Gasteiger partial charge >= 0.3 is 11.8 Å². The van der Waals surface area contributed by atoms with Crippen molar-refractivity contribution in [3.63, 3.8) is 0 Å². The number of anilines is 2. The zero-order valence-corrected chi connectivity index (χ0v) is 17.1. The van der Waals surface area contributed by atoms with Crippen LogP contribution in [0, 0.1) is 13.8 Å². The van der Waals surface area contributed by atoms with E-state index in [-0.39, 0.29) is 12.6 Å². The molecule has 1 aliphatic heterocycles. The van der Waals surface area contributed by atoms with Crippen LogP contribution in [0.3, 0.4) is 0 Å². The Morgan fingerprint density at radius 3 is 2.50 bits per heavy atom. The third-order valence-corrected chi connectivity index (χ3v) is 5.55. The molecule has 0 saturated heterocycles. The van der Waals surface area contributed by atoms with Crippen LogP contribution in [0.25, 0.3) is 0 Å². The smallest absolute Gasteiger partial charge is 0.313 e. The molecule has 2 N–H and O–H groups in total. The molecule has 2 aromatic carbocycles. The van der Waals surface area contributed by atoms with Crippen molar-refractivity contribution in [1.29, 1.82) is 0 Å². The molecule has 154 valence electrons. The van der Waals surface area contributed by atoms with Gasteiger partial charge in [0.1, 0.15) is 11.8 Å². The van der Waals surface area contributed by atoms with E-state index in [4.69, 9.17) is 4.42 Å². The highest BCUT2D eigenvalue weighted by atomic mass is 16.3. The van der Waals surface area contributed by atoms with E-state index in [1.54, 1.807) is 6.26 Å². The van der Waals surface area contributed by atoms with Crippen LogP contribution in [-0.2, 0) is 16.0 Å². The Bertz CT molecular complexity index is 1040. The second-order valence-electron chi connectivity index (χ2n) is 7.53. The quantitative estimate of drug-likeness (QED) is 0.636. The number of nitrogens with zero attached hydrogens (tertiary/aromatic N) is 1. The number of hydrogen-bond donors (Lipinski definition) is 2. The number of amides is 2. The van der Waals surface area contributed by atoms with Crippen LogP contribution in [0.4, 0.5) is 11.4 Å². The van der Waals surface area contributed by atoms with Crippen LogP contribution < -0.4 is 15.5 Å². The number of benzene rings is 2. The molecule has 0 saturated carbocycles. The monoisotopic (exact) mass is 403 g/mol. The summed E-state index contributed by atoms with van der Waals surface area (Å²) in [5.74, 6) is -0.587. The summed E-state index contributed by atoms with van der Waals surface area (Å²) >= 11 is 0. The predicted molar refractivity (Wildman–Crippen MR) is 116 cm³/mol. The van der Waals surface area contributed by atoms with Crippen molar-refractivity contribution in [2.45, 2.75) is 26.3 Å². The average Bonchev–Trinajstić information content (AvgIpc) is 3.42. The number of fused-ring (bicyclic) bond motifs is 1. The van der Waals surface area contributed by atoms with E-state index in [1.807, 2.05) is 56.3 Å². The Labute approximate surface area is 175 Å². The molecule has 0 radical (unpaired) electrons. The molecule has 1 atom stereocenters. The highest BCUT2D eigenvalue weighted by Crippen LogP contribution is 2.34. The van der Waals surface area contributed by atoms with Gasteiger partial charge in [-0.05, 0) is 55.2 Å². The van der Waals surface area contributed by atoms with Gasteiger partial charge in [0, 0.05) is 24.5 Å². The van der Waals surface area contributed by atoms with E-state index in [0.717, 1.165) is 35.5 Å². The maximum absolute atomic E-state index is 12.5. The summed E-state index contributed by atoms with van der Waals surface area (Å²) in [6, 6.07) is 17.5. The van der Waals surface area contributed by atoms with Gasteiger partial charge in [0.15, 0.2) is 0 Å². The Balaban J connectivity index is 1.47. The number of aryl methyl sites for hydroxylation is 2. The summed E-state index contributed by atoms with van der Waals surface area (Å²) in [6.07, 6.45) is 2.56. The SMILES string of the molecule is Cc1cccc(C)c1NC(=O)C(=O)NC[C@H](c1ccco1)N1CCc2ccccc21. The first-order chi connectivity index (χ1) is 14.5. The van der Waals surface area contributed by atoms with Gasteiger partial charge in [0.05, 0.1) is 6.26 Å². The lowest BCUT2D eigenvalue weighted by Gasteiger charge is -2.29. The molecule has 6 nitrogen and oxygen atoms in total. The first-order valence-corrected chi connectivity index (χ1v) is 10.1. The fraction of sp³-hybridized carbons (Fsp3) is 0.250. The number of nitrogens with one attached hydrogen (secondary N) is 2. The fourth-order valence-electron chi connectivity index (χ4n) is 3.98. The van der Waals surface area contributed by atoms with Gasteiger partial charge in [-0.1, -0.05) is 36.4 Å². The number of carbonyl (C=O) groups excluding carboxylic acids is 2. The van der Waals surface area contributed by atoms with E-state index in [0.29, 0.717) is 5.69 Å². The van der Waals surface area contributed by atoms with Crippen molar-refractivity contribution in [1.82, 2.24) is 5.32 Å². The van der Waals surface area contributed by atoms with Gasteiger partial charge in [-0.25, -0.2) is 0 Å². The van der Waals surface area contributed by atoms with Crippen molar-refractivity contribution < 1.29 is 14.0 Å². The Kier molecular flexibility index (Phi) is 5.57. The number of carbonyl (C=O) groups is 2. The first kappa shape index (κ1) is 19.8. The Morgan fingerprint density at radius 2 is 1.77 bits per heavy atom. The molecule has 0 fully saturated rings. The van der Waals surface area contributed by atoms with Crippen molar-refractivity contribution >= 4 is 23.2 Å². The molecular weight excluding hydrogens is 378 g/mol.